The van der Waals surface area contributed by atoms with Gasteiger partial charge in [0.25, 0.3) is 10.0 Å². The summed E-state index contributed by atoms with van der Waals surface area (Å²) in [5.74, 6) is -1.59. The van der Waals surface area contributed by atoms with Gasteiger partial charge in [0.1, 0.15) is 5.75 Å². The molecule has 13 heteroatoms. The number of alkyl halides is 6. The molecule has 5 nitrogen and oxygen atoms in total. The van der Waals surface area contributed by atoms with Crippen molar-refractivity contribution >= 4 is 22.0 Å². The SMILES string of the molecule is COc1ccccc1/C=C/S(=O)(=O)/N=C(\[O-])c1ccc(C(F)(F)F)cc1C(F)(F)F.[Na+]. The fraction of sp³-hybridized carbons (Fsp3) is 0.167. The van der Waals surface area contributed by atoms with Crippen molar-refractivity contribution in [3.8, 4) is 5.75 Å². The maximum Gasteiger partial charge on any atom is 1.00 e. The van der Waals surface area contributed by atoms with Crippen molar-refractivity contribution in [3.63, 3.8) is 0 Å². The summed E-state index contributed by atoms with van der Waals surface area (Å²) >= 11 is 0. The van der Waals surface area contributed by atoms with E-state index in [1.807, 2.05) is 0 Å². The van der Waals surface area contributed by atoms with Crippen LogP contribution in [-0.2, 0) is 22.4 Å². The number of para-hydroxylation sites is 1. The largest absolute Gasteiger partial charge is 1.00 e. The van der Waals surface area contributed by atoms with Gasteiger partial charge in [0, 0.05) is 11.5 Å². The number of rotatable bonds is 5. The Morgan fingerprint density at radius 3 is 2.19 bits per heavy atom. The molecule has 0 fully saturated rings. The third-order valence-electron chi connectivity index (χ3n) is 3.65. The van der Waals surface area contributed by atoms with Gasteiger partial charge in [-0.05, 0) is 29.8 Å². The minimum atomic E-state index is -5.35. The van der Waals surface area contributed by atoms with E-state index in [9.17, 15) is 39.9 Å². The van der Waals surface area contributed by atoms with Crippen molar-refractivity contribution in [2.75, 3.05) is 7.11 Å². The van der Waals surface area contributed by atoms with Crippen molar-refractivity contribution < 1.29 is 74.2 Å². The quantitative estimate of drug-likeness (QED) is 0.278. The monoisotopic (exact) mass is 475 g/mol. The van der Waals surface area contributed by atoms with E-state index in [1.54, 1.807) is 12.1 Å². The number of methoxy groups -OCH3 is 1. The first kappa shape index (κ1) is 27.0. The molecule has 0 heterocycles. The van der Waals surface area contributed by atoms with Crippen LogP contribution in [-0.4, -0.2) is 21.4 Å². The molecule has 31 heavy (non-hydrogen) atoms. The first-order valence-electron chi connectivity index (χ1n) is 7.86. The predicted octanol–water partition coefficient (Wildman–Crippen LogP) is 0.844. The van der Waals surface area contributed by atoms with E-state index in [2.05, 4.69) is 4.40 Å². The van der Waals surface area contributed by atoms with Gasteiger partial charge in [-0.1, -0.05) is 24.3 Å². The number of benzene rings is 2. The maximum absolute atomic E-state index is 13.1. The molecule has 2 aromatic carbocycles. The molecule has 0 spiro atoms. The van der Waals surface area contributed by atoms with Crippen LogP contribution in [0.25, 0.3) is 6.08 Å². The molecule has 0 saturated heterocycles. The zero-order chi connectivity index (χ0) is 22.7. The van der Waals surface area contributed by atoms with Crippen molar-refractivity contribution in [2.24, 2.45) is 4.40 Å². The van der Waals surface area contributed by atoms with Gasteiger partial charge in [-0.2, -0.15) is 39.2 Å². The van der Waals surface area contributed by atoms with Gasteiger partial charge in [-0.3, -0.25) is 0 Å². The van der Waals surface area contributed by atoms with E-state index in [4.69, 9.17) is 4.74 Å². The van der Waals surface area contributed by atoms with Crippen LogP contribution in [0.3, 0.4) is 0 Å². The van der Waals surface area contributed by atoms with Crippen LogP contribution in [0.5, 0.6) is 5.75 Å². The normalized spacial score (nSPS) is 13.2. The number of halogens is 6. The Hall–Kier alpha value is -2.02. The molecule has 0 aliphatic rings. The molecule has 0 unspecified atom stereocenters. The molecule has 0 aliphatic heterocycles. The Kier molecular flexibility index (Phi) is 8.77. The predicted molar refractivity (Wildman–Crippen MR) is 93.9 cm³/mol. The van der Waals surface area contributed by atoms with Gasteiger partial charge < -0.3 is 9.84 Å². The standard InChI is InChI=1S/C18H13F6NO4S.Na/c1-29-15-5-3-2-4-11(15)8-9-30(27,28)25-16(26)13-7-6-12(17(19,20)21)10-14(13)18(22,23)24;/h2-10H,1H3,(H,25,26);/q;+1/p-1/b9-8+;. The van der Waals surface area contributed by atoms with Crippen LogP contribution < -0.4 is 39.4 Å². The first-order valence-corrected chi connectivity index (χ1v) is 9.37. The van der Waals surface area contributed by atoms with Crippen LogP contribution in [0.4, 0.5) is 26.3 Å². The summed E-state index contributed by atoms with van der Waals surface area (Å²) < 4.78 is 109. The zero-order valence-corrected chi connectivity index (χ0v) is 18.8. The van der Waals surface area contributed by atoms with Gasteiger partial charge in [-0.25, -0.2) is 0 Å². The van der Waals surface area contributed by atoms with Gasteiger partial charge in [0.05, 0.1) is 23.6 Å². The van der Waals surface area contributed by atoms with Crippen molar-refractivity contribution in [1.82, 2.24) is 0 Å². The molecular weight excluding hydrogens is 463 g/mol. The topological polar surface area (TPSA) is 78.8 Å². The number of sulfonamides is 1. The zero-order valence-electron chi connectivity index (χ0n) is 16.0. The van der Waals surface area contributed by atoms with E-state index in [1.165, 1.54) is 19.2 Å². The van der Waals surface area contributed by atoms with Crippen molar-refractivity contribution in [3.05, 3.63) is 70.1 Å². The van der Waals surface area contributed by atoms with Crippen LogP contribution >= 0.6 is 0 Å². The van der Waals surface area contributed by atoms with E-state index in [0.29, 0.717) is 5.41 Å². The Balaban J connectivity index is 0.00000480. The molecule has 162 valence electrons. The Morgan fingerprint density at radius 1 is 1.03 bits per heavy atom. The second-order valence-electron chi connectivity index (χ2n) is 5.71. The molecule has 0 saturated carbocycles. The second kappa shape index (κ2) is 10.1. The Labute approximate surface area is 195 Å². The molecule has 2 rings (SSSR count). The van der Waals surface area contributed by atoms with E-state index in [-0.39, 0.29) is 59.1 Å². The average Bonchev–Trinajstić information content (AvgIpc) is 2.64. The molecule has 2 aromatic rings. The van der Waals surface area contributed by atoms with Crippen LogP contribution in [0.1, 0.15) is 22.3 Å². The summed E-state index contributed by atoms with van der Waals surface area (Å²) in [7, 11) is -3.39. The average molecular weight is 475 g/mol. The molecule has 0 aliphatic carbocycles. The number of hydrogen-bond donors (Lipinski definition) is 0. The first-order chi connectivity index (χ1) is 13.7. The number of hydrogen-bond acceptors (Lipinski definition) is 4. The molecule has 0 atom stereocenters. The Morgan fingerprint density at radius 2 is 1.65 bits per heavy atom. The minimum Gasteiger partial charge on any atom is -0.858 e. The third kappa shape index (κ3) is 7.27. The summed E-state index contributed by atoms with van der Waals surface area (Å²) in [4.78, 5) is 0. The van der Waals surface area contributed by atoms with E-state index >= 15 is 0 Å². The summed E-state index contributed by atoms with van der Waals surface area (Å²) in [6, 6.07) is 6.31. The van der Waals surface area contributed by atoms with Gasteiger partial charge >= 0.3 is 41.9 Å². The summed E-state index contributed by atoms with van der Waals surface area (Å²) in [6.45, 7) is 0. The molecule has 0 radical (unpaired) electrons. The summed E-state index contributed by atoms with van der Waals surface area (Å²) in [5.41, 5.74) is -4.65. The third-order valence-corrected chi connectivity index (χ3v) is 4.55. The van der Waals surface area contributed by atoms with Crippen molar-refractivity contribution in [1.29, 1.82) is 0 Å². The van der Waals surface area contributed by atoms with Crippen molar-refractivity contribution in [2.45, 2.75) is 12.4 Å². The molecule has 0 bridgehead atoms. The summed E-state index contributed by atoms with van der Waals surface area (Å²) in [5, 5.41) is 12.5. The number of ether oxygens (including phenoxy) is 1. The summed E-state index contributed by atoms with van der Waals surface area (Å²) in [6.07, 6.45) is -9.44. The molecule has 0 aromatic heterocycles. The van der Waals surface area contributed by atoms with Crippen LogP contribution in [0, 0.1) is 0 Å². The van der Waals surface area contributed by atoms with Crippen LogP contribution in [0.15, 0.2) is 52.3 Å². The van der Waals surface area contributed by atoms with Gasteiger partial charge in [0.15, 0.2) is 0 Å². The maximum atomic E-state index is 13.1. The van der Waals surface area contributed by atoms with E-state index < -0.39 is 45.0 Å². The van der Waals surface area contributed by atoms with E-state index in [0.717, 1.165) is 6.08 Å². The fourth-order valence-corrected chi connectivity index (χ4v) is 3.01. The Bertz CT molecular complexity index is 1090. The fourth-order valence-electron chi connectivity index (χ4n) is 2.30. The minimum absolute atomic E-state index is 0. The molecular formula is C18H12F6NNaO4S. The van der Waals surface area contributed by atoms with Gasteiger partial charge in [0.2, 0.25) is 0 Å². The van der Waals surface area contributed by atoms with Crippen LogP contribution in [0.2, 0.25) is 0 Å². The second-order valence-corrected chi connectivity index (χ2v) is 7.20. The smallest absolute Gasteiger partial charge is 0.858 e. The number of nitrogens with zero attached hydrogens (tertiary/aromatic N) is 1. The van der Waals surface area contributed by atoms with Gasteiger partial charge in [-0.15, -0.1) is 0 Å². The molecule has 0 N–H and O–H groups in total. The molecule has 0 amide bonds.